The number of carbonyl (C=O) groups excluding carboxylic acids is 1. The van der Waals surface area contributed by atoms with Crippen molar-refractivity contribution in [3.63, 3.8) is 0 Å². The van der Waals surface area contributed by atoms with E-state index in [1.165, 1.54) is 22.9 Å². The fourth-order valence-corrected chi connectivity index (χ4v) is 4.06. The number of benzene rings is 3. The maximum Gasteiger partial charge on any atom is 0.278 e. The SMILES string of the molecule is O=C(CSc1nc2ccccc2c(=O)n1-c1ccc(Cl)cc1)N/N=C\c1ccccc1[N+](=O)[O-]. The zero-order chi connectivity index (χ0) is 24.1. The molecule has 1 N–H and O–H groups in total. The quantitative estimate of drug-likeness (QED) is 0.135. The van der Waals surface area contributed by atoms with Gasteiger partial charge in [0.1, 0.15) is 0 Å². The van der Waals surface area contributed by atoms with E-state index < -0.39 is 10.8 Å². The van der Waals surface area contributed by atoms with Crippen LogP contribution in [-0.2, 0) is 4.79 Å². The molecular formula is C23H16ClN5O4S. The Labute approximate surface area is 202 Å². The van der Waals surface area contributed by atoms with Gasteiger partial charge in [-0.15, -0.1) is 0 Å². The summed E-state index contributed by atoms with van der Waals surface area (Å²) in [4.78, 5) is 40.7. The largest absolute Gasteiger partial charge is 0.278 e. The molecule has 4 aromatic rings. The number of hydrogen-bond donors (Lipinski definition) is 1. The first-order valence-corrected chi connectivity index (χ1v) is 11.3. The van der Waals surface area contributed by atoms with Crippen LogP contribution < -0.4 is 11.0 Å². The van der Waals surface area contributed by atoms with Gasteiger partial charge in [-0.3, -0.25) is 24.3 Å². The predicted octanol–water partition coefficient (Wildman–Crippen LogP) is 4.19. The van der Waals surface area contributed by atoms with E-state index >= 15 is 0 Å². The molecule has 0 unspecified atom stereocenters. The molecule has 0 saturated heterocycles. The second kappa shape index (κ2) is 10.3. The summed E-state index contributed by atoms with van der Waals surface area (Å²) in [6, 6.07) is 19.7. The summed E-state index contributed by atoms with van der Waals surface area (Å²) in [5, 5.41) is 16.2. The van der Waals surface area contributed by atoms with Crippen molar-refractivity contribution in [2.45, 2.75) is 5.16 Å². The minimum Gasteiger partial charge on any atom is -0.272 e. The van der Waals surface area contributed by atoms with Crippen LogP contribution in [0.5, 0.6) is 0 Å². The van der Waals surface area contributed by atoms with Gasteiger partial charge in [0.15, 0.2) is 5.16 Å². The lowest BCUT2D eigenvalue weighted by molar-refractivity contribution is -0.385. The molecule has 0 fully saturated rings. The van der Waals surface area contributed by atoms with Gasteiger partial charge in [-0.25, -0.2) is 10.4 Å². The fourth-order valence-electron chi connectivity index (χ4n) is 3.13. The number of aromatic nitrogens is 2. The molecule has 1 amide bonds. The first-order chi connectivity index (χ1) is 16.4. The molecule has 170 valence electrons. The zero-order valence-electron chi connectivity index (χ0n) is 17.4. The van der Waals surface area contributed by atoms with Gasteiger partial charge in [-0.05, 0) is 42.5 Å². The van der Waals surface area contributed by atoms with Gasteiger partial charge >= 0.3 is 0 Å². The van der Waals surface area contributed by atoms with Crippen LogP contribution in [0.25, 0.3) is 16.6 Å². The average Bonchev–Trinajstić information content (AvgIpc) is 2.84. The number of halogens is 1. The van der Waals surface area contributed by atoms with Crippen LogP contribution in [0, 0.1) is 10.1 Å². The van der Waals surface area contributed by atoms with Crippen molar-refractivity contribution < 1.29 is 9.72 Å². The highest BCUT2D eigenvalue weighted by molar-refractivity contribution is 7.99. The number of nitro benzene ring substituents is 1. The Hall–Kier alpha value is -4.02. The number of para-hydroxylation sites is 2. The van der Waals surface area contributed by atoms with Crippen molar-refractivity contribution in [2.75, 3.05) is 5.75 Å². The first-order valence-electron chi connectivity index (χ1n) is 9.90. The molecule has 0 radical (unpaired) electrons. The van der Waals surface area contributed by atoms with Crippen molar-refractivity contribution >= 4 is 52.1 Å². The maximum atomic E-state index is 13.2. The molecular weight excluding hydrogens is 478 g/mol. The summed E-state index contributed by atoms with van der Waals surface area (Å²) >= 11 is 7.05. The molecule has 0 atom stereocenters. The van der Waals surface area contributed by atoms with E-state index in [1.807, 2.05) is 0 Å². The van der Waals surface area contributed by atoms with Crippen molar-refractivity contribution in [3.05, 3.63) is 104 Å². The summed E-state index contributed by atoms with van der Waals surface area (Å²) in [6.07, 6.45) is 1.21. The molecule has 0 aliphatic rings. The van der Waals surface area contributed by atoms with Crippen LogP contribution >= 0.6 is 23.4 Å². The van der Waals surface area contributed by atoms with Crippen LogP contribution in [0.2, 0.25) is 5.02 Å². The van der Waals surface area contributed by atoms with E-state index in [1.54, 1.807) is 60.7 Å². The Morgan fingerprint density at radius 1 is 1.12 bits per heavy atom. The van der Waals surface area contributed by atoms with E-state index in [4.69, 9.17) is 11.6 Å². The number of hydrogen-bond acceptors (Lipinski definition) is 7. The summed E-state index contributed by atoms with van der Waals surface area (Å²) in [6.45, 7) is 0. The highest BCUT2D eigenvalue weighted by Gasteiger charge is 2.15. The number of thioether (sulfide) groups is 1. The number of amides is 1. The summed E-state index contributed by atoms with van der Waals surface area (Å²) < 4.78 is 1.42. The molecule has 4 rings (SSSR count). The zero-order valence-corrected chi connectivity index (χ0v) is 19.0. The molecule has 1 heterocycles. The first kappa shape index (κ1) is 23.1. The number of carbonyl (C=O) groups is 1. The summed E-state index contributed by atoms with van der Waals surface area (Å²) in [5.74, 6) is -0.558. The van der Waals surface area contributed by atoms with Gasteiger partial charge in [0.05, 0.1) is 39.0 Å². The van der Waals surface area contributed by atoms with Crippen molar-refractivity contribution in [1.82, 2.24) is 15.0 Å². The van der Waals surface area contributed by atoms with Crippen LogP contribution in [0.3, 0.4) is 0 Å². The molecule has 1 aromatic heterocycles. The molecule has 0 bridgehead atoms. The Bertz CT molecular complexity index is 1470. The standard InChI is InChI=1S/C23H16ClN5O4S/c24-16-9-11-17(12-10-16)28-22(31)18-6-2-3-7-19(18)26-23(28)34-14-21(30)27-25-13-15-5-1-4-8-20(15)29(32)33/h1-13H,14H2,(H,27,30)/b25-13-. The van der Waals surface area contributed by atoms with Gasteiger partial charge in [-0.2, -0.15) is 5.10 Å². The van der Waals surface area contributed by atoms with Gasteiger partial charge in [-0.1, -0.05) is 47.6 Å². The third-order valence-corrected chi connectivity index (χ3v) is 5.88. The third-order valence-electron chi connectivity index (χ3n) is 4.69. The Morgan fingerprint density at radius 2 is 1.82 bits per heavy atom. The van der Waals surface area contributed by atoms with E-state index in [0.717, 1.165) is 11.8 Å². The number of nitro groups is 1. The van der Waals surface area contributed by atoms with Crippen LogP contribution in [-0.4, -0.2) is 32.3 Å². The Balaban J connectivity index is 1.56. The van der Waals surface area contributed by atoms with Crippen molar-refractivity contribution in [1.29, 1.82) is 0 Å². The lowest BCUT2D eigenvalue weighted by Gasteiger charge is -2.13. The molecule has 0 aliphatic heterocycles. The van der Waals surface area contributed by atoms with E-state index in [2.05, 4.69) is 15.5 Å². The maximum absolute atomic E-state index is 13.2. The van der Waals surface area contributed by atoms with Crippen LogP contribution in [0.4, 0.5) is 5.69 Å². The average molecular weight is 494 g/mol. The number of nitrogens with one attached hydrogen (secondary N) is 1. The smallest absolute Gasteiger partial charge is 0.272 e. The summed E-state index contributed by atoms with van der Waals surface area (Å²) in [5.41, 5.74) is 3.27. The molecule has 9 nitrogen and oxygen atoms in total. The minimum absolute atomic E-state index is 0.0907. The normalized spacial score (nSPS) is 11.1. The number of nitrogens with zero attached hydrogens (tertiary/aromatic N) is 4. The lowest BCUT2D eigenvalue weighted by Crippen LogP contribution is -2.24. The van der Waals surface area contributed by atoms with E-state index in [-0.39, 0.29) is 22.6 Å². The molecule has 0 aliphatic carbocycles. The van der Waals surface area contributed by atoms with Gasteiger partial charge < -0.3 is 0 Å². The Kier molecular flexibility index (Phi) is 7.00. The topological polar surface area (TPSA) is 119 Å². The monoisotopic (exact) mass is 493 g/mol. The lowest BCUT2D eigenvalue weighted by atomic mass is 10.2. The molecule has 0 spiro atoms. The molecule has 0 saturated carbocycles. The number of fused-ring (bicyclic) bond motifs is 1. The molecule has 3 aromatic carbocycles. The molecule has 11 heteroatoms. The van der Waals surface area contributed by atoms with Gasteiger partial charge in [0.2, 0.25) is 0 Å². The van der Waals surface area contributed by atoms with Crippen LogP contribution in [0.15, 0.2) is 87.8 Å². The second-order valence-corrected chi connectivity index (χ2v) is 8.31. The number of hydrazone groups is 1. The minimum atomic E-state index is -0.527. The fraction of sp³-hybridized carbons (Fsp3) is 0.0435. The predicted molar refractivity (Wildman–Crippen MR) is 132 cm³/mol. The van der Waals surface area contributed by atoms with Crippen molar-refractivity contribution in [2.24, 2.45) is 5.10 Å². The highest BCUT2D eigenvalue weighted by Crippen LogP contribution is 2.22. The van der Waals surface area contributed by atoms with Gasteiger partial charge in [0, 0.05) is 11.1 Å². The third kappa shape index (κ3) is 5.13. The second-order valence-electron chi connectivity index (χ2n) is 6.93. The molecule has 34 heavy (non-hydrogen) atoms. The van der Waals surface area contributed by atoms with Crippen LogP contribution in [0.1, 0.15) is 5.56 Å². The van der Waals surface area contributed by atoms with E-state index in [0.29, 0.717) is 26.8 Å². The highest BCUT2D eigenvalue weighted by atomic mass is 35.5. The van der Waals surface area contributed by atoms with E-state index in [9.17, 15) is 19.7 Å². The number of rotatable bonds is 7. The Morgan fingerprint density at radius 3 is 2.59 bits per heavy atom. The summed E-state index contributed by atoms with van der Waals surface area (Å²) in [7, 11) is 0. The van der Waals surface area contributed by atoms with Gasteiger partial charge in [0.25, 0.3) is 17.2 Å². The van der Waals surface area contributed by atoms with Crippen molar-refractivity contribution in [3.8, 4) is 5.69 Å².